The number of alkyl halides is 4. The first-order valence-corrected chi connectivity index (χ1v) is 15.3. The zero-order valence-corrected chi connectivity index (χ0v) is 25.9. The number of anilines is 1. The maximum absolute atomic E-state index is 15.4. The Kier molecular flexibility index (Phi) is 9.47. The molecule has 5 rings (SSSR count). The topological polar surface area (TPSA) is 84.6 Å². The van der Waals surface area contributed by atoms with Gasteiger partial charge in [0.2, 0.25) is 0 Å². The lowest BCUT2D eigenvalue weighted by atomic mass is 9.99. The van der Waals surface area contributed by atoms with E-state index in [0.717, 1.165) is 23.5 Å². The molecule has 1 aliphatic rings. The Labute approximate surface area is 262 Å². The molecule has 8 nitrogen and oxygen atoms in total. The molecule has 1 N–H and O–H groups in total. The van der Waals surface area contributed by atoms with Gasteiger partial charge in [-0.3, -0.25) is 0 Å². The number of ether oxygens (including phenoxy) is 1. The summed E-state index contributed by atoms with van der Waals surface area (Å²) < 4.78 is 58.0. The summed E-state index contributed by atoms with van der Waals surface area (Å²) in [5.74, 6) is 1.09. The second-order valence-corrected chi connectivity index (χ2v) is 12.0. The first kappa shape index (κ1) is 32.0. The van der Waals surface area contributed by atoms with Crippen molar-refractivity contribution in [3.8, 4) is 22.8 Å². The Morgan fingerprint density at radius 2 is 1.76 bits per heavy atom. The van der Waals surface area contributed by atoms with Crippen molar-refractivity contribution in [3.05, 3.63) is 89.7 Å². The number of carbonyl (C=O) groups excluding carboxylic acids is 1. The van der Waals surface area contributed by atoms with Crippen molar-refractivity contribution in [2.75, 3.05) is 17.2 Å². The molecular weight excluding hydrogens is 608 g/mol. The number of urea groups is 1. The predicted octanol–water partition coefficient (Wildman–Crippen LogP) is 7.98. The summed E-state index contributed by atoms with van der Waals surface area (Å²) in [5, 5.41) is 7.63. The fourth-order valence-corrected chi connectivity index (χ4v) is 5.86. The van der Waals surface area contributed by atoms with E-state index < -0.39 is 24.6 Å². The third kappa shape index (κ3) is 7.83. The molecule has 236 valence electrons. The van der Waals surface area contributed by atoms with Crippen LogP contribution in [-0.4, -0.2) is 50.7 Å². The lowest BCUT2D eigenvalue weighted by Gasteiger charge is -2.24. The summed E-state index contributed by atoms with van der Waals surface area (Å²) in [6.07, 6.45) is -4.85. The molecule has 2 atom stereocenters. The standard InChI is InChI=1S/C32H32F4N6O2S/c1-19(2)26-14-5-20(3)17-27(26)41-15-16-45-31(41)39-30(43)38-21(4)28(33)22-6-8-23(9-7-22)29-37-18-42(40-29)24-10-12-25(13-11-24)44-32(34,35)36/h5-14,17-19,21,28H,15-16H2,1-4H3,(H,38,43)/b39-31-. The van der Waals surface area contributed by atoms with Gasteiger partial charge in [-0.1, -0.05) is 62.0 Å². The zero-order valence-electron chi connectivity index (χ0n) is 25.0. The summed E-state index contributed by atoms with van der Waals surface area (Å²) in [4.78, 5) is 23.5. The highest BCUT2D eigenvalue weighted by Crippen LogP contribution is 2.34. The number of hydrogen-bond donors (Lipinski definition) is 1. The molecule has 3 aromatic carbocycles. The Balaban J connectivity index is 1.22. The summed E-state index contributed by atoms with van der Waals surface area (Å²) in [5.41, 5.74) is 4.78. The van der Waals surface area contributed by atoms with Crippen LogP contribution in [0.15, 0.2) is 78.0 Å². The van der Waals surface area contributed by atoms with Crippen LogP contribution in [0.4, 0.5) is 28.0 Å². The first-order chi connectivity index (χ1) is 21.4. The summed E-state index contributed by atoms with van der Waals surface area (Å²) >= 11 is 1.50. The van der Waals surface area contributed by atoms with Crippen molar-refractivity contribution < 1.29 is 27.1 Å². The maximum atomic E-state index is 15.4. The molecule has 1 fully saturated rings. The number of nitrogens with one attached hydrogen (secondary N) is 1. The summed E-state index contributed by atoms with van der Waals surface area (Å²) in [6, 6.07) is 16.6. The van der Waals surface area contributed by atoms with Crippen LogP contribution in [0.1, 0.15) is 49.6 Å². The number of aryl methyl sites for hydroxylation is 1. The van der Waals surface area contributed by atoms with E-state index in [1.807, 2.05) is 6.92 Å². The molecule has 0 spiro atoms. The lowest BCUT2D eigenvalue weighted by Crippen LogP contribution is -2.35. The van der Waals surface area contributed by atoms with Gasteiger partial charge < -0.3 is 15.0 Å². The van der Waals surface area contributed by atoms with Crippen LogP contribution in [-0.2, 0) is 0 Å². The third-order valence-corrected chi connectivity index (χ3v) is 8.13. The van der Waals surface area contributed by atoms with Gasteiger partial charge in [-0.2, -0.15) is 4.99 Å². The molecule has 1 aliphatic heterocycles. The molecule has 13 heteroatoms. The van der Waals surface area contributed by atoms with E-state index in [9.17, 15) is 18.0 Å². The number of benzene rings is 3. The van der Waals surface area contributed by atoms with E-state index in [2.05, 4.69) is 62.1 Å². The Morgan fingerprint density at radius 1 is 1.04 bits per heavy atom. The van der Waals surface area contributed by atoms with Gasteiger partial charge in [-0.15, -0.1) is 18.3 Å². The van der Waals surface area contributed by atoms with Crippen molar-refractivity contribution >= 4 is 28.6 Å². The predicted molar refractivity (Wildman–Crippen MR) is 168 cm³/mol. The smallest absolute Gasteiger partial charge is 0.406 e. The maximum Gasteiger partial charge on any atom is 0.573 e. The lowest BCUT2D eigenvalue weighted by molar-refractivity contribution is -0.274. The molecule has 0 saturated carbocycles. The molecule has 4 aromatic rings. The number of nitrogens with zero attached hydrogens (tertiary/aromatic N) is 5. The number of hydrogen-bond acceptors (Lipinski definition) is 5. The van der Waals surface area contributed by atoms with Crippen molar-refractivity contribution in [3.63, 3.8) is 0 Å². The molecular formula is C32H32F4N6O2S. The number of amides is 2. The van der Waals surface area contributed by atoms with Gasteiger partial charge in [-0.05, 0) is 66.8 Å². The second-order valence-electron chi connectivity index (χ2n) is 10.9. The zero-order chi connectivity index (χ0) is 32.3. The molecule has 0 radical (unpaired) electrons. The van der Waals surface area contributed by atoms with Crippen molar-refractivity contribution in [2.45, 2.75) is 52.2 Å². The van der Waals surface area contributed by atoms with Crippen LogP contribution in [0, 0.1) is 6.92 Å². The number of rotatable bonds is 8. The summed E-state index contributed by atoms with van der Waals surface area (Å²) in [6.45, 7) is 8.60. The Bertz CT molecular complexity index is 1670. The number of carbonyl (C=O) groups is 1. The molecule has 1 aromatic heterocycles. The first-order valence-electron chi connectivity index (χ1n) is 14.3. The quantitative estimate of drug-likeness (QED) is 0.197. The Hall–Kier alpha value is -4.39. The van der Waals surface area contributed by atoms with Gasteiger partial charge in [0, 0.05) is 23.5 Å². The fraction of sp³-hybridized carbons (Fsp3) is 0.312. The molecule has 2 unspecified atom stereocenters. The number of aliphatic imine (C=N–C) groups is 1. The van der Waals surface area contributed by atoms with Gasteiger partial charge in [0.1, 0.15) is 18.2 Å². The molecule has 2 amide bonds. The van der Waals surface area contributed by atoms with Crippen LogP contribution in [0.2, 0.25) is 0 Å². The van der Waals surface area contributed by atoms with Gasteiger partial charge in [0.15, 0.2) is 11.0 Å². The van der Waals surface area contributed by atoms with Crippen LogP contribution in [0.25, 0.3) is 17.1 Å². The monoisotopic (exact) mass is 640 g/mol. The van der Waals surface area contributed by atoms with Gasteiger partial charge in [-0.25, -0.2) is 18.9 Å². The average Bonchev–Trinajstić information content (AvgIpc) is 3.66. The number of thioether (sulfide) groups is 1. The summed E-state index contributed by atoms with van der Waals surface area (Å²) in [7, 11) is 0. The van der Waals surface area contributed by atoms with Crippen LogP contribution in [0.5, 0.6) is 5.75 Å². The SMILES string of the molecule is Cc1ccc(C(C)C)c(N2CCS/C2=N\C(=O)NC(C)C(F)c2ccc(-c3ncn(-c4ccc(OC(F)(F)F)cc4)n3)cc2)c1. The molecule has 45 heavy (non-hydrogen) atoms. The van der Waals surface area contributed by atoms with Gasteiger partial charge >= 0.3 is 12.4 Å². The van der Waals surface area contributed by atoms with Crippen LogP contribution < -0.4 is 15.0 Å². The van der Waals surface area contributed by atoms with E-state index in [-0.39, 0.29) is 5.75 Å². The largest absolute Gasteiger partial charge is 0.573 e. The van der Waals surface area contributed by atoms with Crippen molar-refractivity contribution in [2.24, 2.45) is 4.99 Å². The minimum Gasteiger partial charge on any atom is -0.406 e. The highest BCUT2D eigenvalue weighted by atomic mass is 32.2. The highest BCUT2D eigenvalue weighted by Gasteiger charge is 2.31. The van der Waals surface area contributed by atoms with E-state index in [1.54, 1.807) is 31.2 Å². The van der Waals surface area contributed by atoms with Gasteiger partial charge in [0.05, 0.1) is 11.7 Å². The van der Waals surface area contributed by atoms with Crippen LogP contribution >= 0.6 is 11.8 Å². The van der Waals surface area contributed by atoms with Crippen molar-refractivity contribution in [1.82, 2.24) is 20.1 Å². The second kappa shape index (κ2) is 13.3. The number of amidine groups is 1. The third-order valence-electron chi connectivity index (χ3n) is 7.18. The average molecular weight is 641 g/mol. The Morgan fingerprint density at radius 3 is 2.42 bits per heavy atom. The normalized spacial score (nSPS) is 15.8. The van der Waals surface area contributed by atoms with E-state index in [1.165, 1.54) is 52.6 Å². The van der Waals surface area contributed by atoms with E-state index in [4.69, 9.17) is 0 Å². The number of halogens is 4. The fourth-order valence-electron chi connectivity index (χ4n) is 4.91. The molecule has 0 aliphatic carbocycles. The van der Waals surface area contributed by atoms with Gasteiger partial charge in [0.25, 0.3) is 0 Å². The van der Waals surface area contributed by atoms with E-state index in [0.29, 0.717) is 33.7 Å². The van der Waals surface area contributed by atoms with Crippen molar-refractivity contribution in [1.29, 1.82) is 0 Å². The van der Waals surface area contributed by atoms with Crippen LogP contribution in [0.3, 0.4) is 0 Å². The molecule has 0 bridgehead atoms. The molecule has 2 heterocycles. The minimum absolute atomic E-state index is 0.300. The molecule has 1 saturated heterocycles. The number of aromatic nitrogens is 3. The highest BCUT2D eigenvalue weighted by molar-refractivity contribution is 8.14. The van der Waals surface area contributed by atoms with E-state index >= 15 is 4.39 Å². The minimum atomic E-state index is -4.78.